The first-order valence-electron chi connectivity index (χ1n) is 10.6. The zero-order valence-electron chi connectivity index (χ0n) is 18.3. The summed E-state index contributed by atoms with van der Waals surface area (Å²) in [7, 11) is 1.76. The van der Waals surface area contributed by atoms with Crippen LogP contribution >= 0.6 is 0 Å². The lowest BCUT2D eigenvalue weighted by Gasteiger charge is -2.24. The highest BCUT2D eigenvalue weighted by molar-refractivity contribution is 6.17. The number of amides is 3. The van der Waals surface area contributed by atoms with Crippen molar-refractivity contribution in [2.75, 3.05) is 43.4 Å². The fourth-order valence-corrected chi connectivity index (χ4v) is 3.56. The molecule has 0 unspecified atom stereocenters. The molecule has 0 aliphatic carbocycles. The molecule has 0 saturated carbocycles. The normalized spacial score (nSPS) is 12.6. The summed E-state index contributed by atoms with van der Waals surface area (Å²) in [5.41, 5.74) is 1.31. The quantitative estimate of drug-likeness (QED) is 0.706. The third kappa shape index (κ3) is 5.08. The lowest BCUT2D eigenvalue weighted by molar-refractivity contribution is -0.132. The van der Waals surface area contributed by atoms with Crippen LogP contribution in [0.1, 0.15) is 37.0 Å². The van der Waals surface area contributed by atoms with E-state index in [9.17, 15) is 14.4 Å². The van der Waals surface area contributed by atoms with E-state index in [2.05, 4.69) is 29.0 Å². The standard InChI is InChI=1S/C23H29N5O3/c1-4-27(5-2)16-15-26(3)20(29)12-13-21(30)28-19-11-7-6-9-17(19)23(31)25-18-10-8-14-24-22(18)28/h6-11,14H,4-5,12-13,15-16H2,1-3H3,(H,25,31). The summed E-state index contributed by atoms with van der Waals surface area (Å²) in [4.78, 5) is 48.1. The van der Waals surface area contributed by atoms with E-state index >= 15 is 0 Å². The molecule has 8 heteroatoms. The Hall–Kier alpha value is -3.26. The highest BCUT2D eigenvalue weighted by Gasteiger charge is 2.30. The average Bonchev–Trinajstić information content (AvgIpc) is 2.91. The SMILES string of the molecule is CCN(CC)CCN(C)C(=O)CCC(=O)N1c2ccccc2C(=O)Nc2cccnc21. The Morgan fingerprint density at radius 1 is 1.03 bits per heavy atom. The molecule has 3 amide bonds. The molecule has 0 spiro atoms. The number of nitrogens with zero attached hydrogens (tertiary/aromatic N) is 4. The van der Waals surface area contributed by atoms with E-state index in [4.69, 9.17) is 0 Å². The van der Waals surface area contributed by atoms with Gasteiger partial charge in [-0.25, -0.2) is 4.98 Å². The number of pyridine rings is 1. The second kappa shape index (κ2) is 10.2. The van der Waals surface area contributed by atoms with Crippen LogP contribution in [0.3, 0.4) is 0 Å². The molecule has 164 valence electrons. The Morgan fingerprint density at radius 3 is 2.52 bits per heavy atom. The van der Waals surface area contributed by atoms with Crippen molar-refractivity contribution < 1.29 is 14.4 Å². The number of carbonyl (C=O) groups is 3. The molecule has 1 N–H and O–H groups in total. The molecule has 0 bridgehead atoms. The van der Waals surface area contributed by atoms with Crippen molar-refractivity contribution >= 4 is 34.9 Å². The molecule has 2 aromatic rings. The minimum absolute atomic E-state index is 0.0208. The molecule has 0 atom stereocenters. The van der Waals surface area contributed by atoms with Crippen LogP contribution in [0.2, 0.25) is 0 Å². The van der Waals surface area contributed by atoms with Crippen LogP contribution in [-0.4, -0.2) is 65.7 Å². The Balaban J connectivity index is 1.75. The lowest BCUT2D eigenvalue weighted by Crippen LogP contribution is -2.37. The van der Waals surface area contributed by atoms with E-state index < -0.39 is 0 Å². The van der Waals surface area contributed by atoms with Crippen molar-refractivity contribution in [1.29, 1.82) is 0 Å². The highest BCUT2D eigenvalue weighted by Crippen LogP contribution is 2.36. The largest absolute Gasteiger partial charge is 0.344 e. The summed E-state index contributed by atoms with van der Waals surface area (Å²) in [6.07, 6.45) is 1.69. The number of para-hydroxylation sites is 1. The molecular weight excluding hydrogens is 394 g/mol. The summed E-state index contributed by atoms with van der Waals surface area (Å²) in [5, 5.41) is 2.81. The molecule has 0 fully saturated rings. The smallest absolute Gasteiger partial charge is 0.257 e. The van der Waals surface area contributed by atoms with Gasteiger partial charge in [0.15, 0.2) is 5.82 Å². The summed E-state index contributed by atoms with van der Waals surface area (Å²) in [6, 6.07) is 10.3. The van der Waals surface area contributed by atoms with E-state index in [1.807, 2.05) is 0 Å². The van der Waals surface area contributed by atoms with Gasteiger partial charge in [-0.3, -0.25) is 19.3 Å². The Kier molecular flexibility index (Phi) is 7.36. The maximum Gasteiger partial charge on any atom is 0.257 e. The fourth-order valence-electron chi connectivity index (χ4n) is 3.56. The van der Waals surface area contributed by atoms with Crippen LogP contribution < -0.4 is 10.2 Å². The molecule has 3 rings (SSSR count). The molecule has 1 aromatic heterocycles. The van der Waals surface area contributed by atoms with Crippen molar-refractivity contribution in [3.63, 3.8) is 0 Å². The maximum atomic E-state index is 13.2. The minimum Gasteiger partial charge on any atom is -0.344 e. The molecule has 0 radical (unpaired) electrons. The molecule has 8 nitrogen and oxygen atoms in total. The lowest BCUT2D eigenvalue weighted by atomic mass is 10.1. The zero-order chi connectivity index (χ0) is 22.4. The maximum absolute atomic E-state index is 13.2. The molecule has 1 aliphatic heterocycles. The fraction of sp³-hybridized carbons (Fsp3) is 0.391. The van der Waals surface area contributed by atoms with Crippen molar-refractivity contribution in [2.24, 2.45) is 0 Å². The van der Waals surface area contributed by atoms with Gasteiger partial charge >= 0.3 is 0 Å². The van der Waals surface area contributed by atoms with Gasteiger partial charge in [-0.15, -0.1) is 0 Å². The number of hydrogen-bond acceptors (Lipinski definition) is 5. The van der Waals surface area contributed by atoms with E-state index in [0.717, 1.165) is 19.6 Å². The second-order valence-electron chi connectivity index (χ2n) is 7.42. The predicted octanol–water partition coefficient (Wildman–Crippen LogP) is 2.89. The highest BCUT2D eigenvalue weighted by atomic mass is 16.2. The van der Waals surface area contributed by atoms with Gasteiger partial charge in [0.05, 0.1) is 16.9 Å². The predicted molar refractivity (Wildman–Crippen MR) is 120 cm³/mol. The van der Waals surface area contributed by atoms with Gasteiger partial charge in [0.2, 0.25) is 11.8 Å². The van der Waals surface area contributed by atoms with Crippen LogP contribution in [-0.2, 0) is 9.59 Å². The number of fused-ring (bicyclic) bond motifs is 2. The molecular formula is C23H29N5O3. The van der Waals surface area contributed by atoms with Crippen LogP contribution in [0.5, 0.6) is 0 Å². The van der Waals surface area contributed by atoms with Crippen molar-refractivity contribution in [1.82, 2.24) is 14.8 Å². The molecule has 1 aliphatic rings. The first kappa shape index (κ1) is 22.4. The van der Waals surface area contributed by atoms with Gasteiger partial charge in [0, 0.05) is 39.2 Å². The number of carbonyl (C=O) groups excluding carboxylic acids is 3. The molecule has 2 heterocycles. The zero-order valence-corrected chi connectivity index (χ0v) is 18.3. The monoisotopic (exact) mass is 423 g/mol. The van der Waals surface area contributed by atoms with Gasteiger partial charge in [0.25, 0.3) is 5.91 Å². The second-order valence-corrected chi connectivity index (χ2v) is 7.42. The number of likely N-dealkylation sites (N-methyl/N-ethyl adjacent to an activating group) is 2. The van der Waals surface area contributed by atoms with E-state index in [0.29, 0.717) is 29.3 Å². The Labute approximate surface area is 182 Å². The molecule has 31 heavy (non-hydrogen) atoms. The van der Waals surface area contributed by atoms with Gasteiger partial charge in [-0.2, -0.15) is 0 Å². The molecule has 0 saturated heterocycles. The number of nitrogens with one attached hydrogen (secondary N) is 1. The van der Waals surface area contributed by atoms with Gasteiger partial charge in [0.1, 0.15) is 0 Å². The van der Waals surface area contributed by atoms with E-state index in [1.54, 1.807) is 54.5 Å². The Bertz CT molecular complexity index is 958. The Morgan fingerprint density at radius 2 is 1.77 bits per heavy atom. The van der Waals surface area contributed by atoms with E-state index in [-0.39, 0.29) is 30.6 Å². The number of anilines is 3. The molecule has 1 aromatic carbocycles. The number of aromatic nitrogens is 1. The minimum atomic E-state index is -0.299. The van der Waals surface area contributed by atoms with Gasteiger partial charge < -0.3 is 15.1 Å². The first-order valence-corrected chi connectivity index (χ1v) is 10.6. The number of hydrogen-bond donors (Lipinski definition) is 1. The van der Waals surface area contributed by atoms with Gasteiger partial charge in [-0.05, 0) is 37.4 Å². The third-order valence-electron chi connectivity index (χ3n) is 5.51. The summed E-state index contributed by atoms with van der Waals surface area (Å²) in [6.45, 7) is 7.47. The van der Waals surface area contributed by atoms with Crippen LogP contribution in [0.15, 0.2) is 42.6 Å². The summed E-state index contributed by atoms with van der Waals surface area (Å²) < 4.78 is 0. The van der Waals surface area contributed by atoms with Crippen molar-refractivity contribution in [3.8, 4) is 0 Å². The van der Waals surface area contributed by atoms with Gasteiger partial charge in [-0.1, -0.05) is 26.0 Å². The van der Waals surface area contributed by atoms with Crippen molar-refractivity contribution in [2.45, 2.75) is 26.7 Å². The summed E-state index contributed by atoms with van der Waals surface area (Å²) in [5.74, 6) is -0.311. The number of benzene rings is 1. The van der Waals surface area contributed by atoms with Crippen LogP contribution in [0.4, 0.5) is 17.2 Å². The first-order chi connectivity index (χ1) is 15.0. The van der Waals surface area contributed by atoms with Crippen molar-refractivity contribution in [3.05, 3.63) is 48.2 Å². The third-order valence-corrected chi connectivity index (χ3v) is 5.51. The summed E-state index contributed by atoms with van der Waals surface area (Å²) >= 11 is 0. The van der Waals surface area contributed by atoms with E-state index in [1.165, 1.54) is 4.90 Å². The topological polar surface area (TPSA) is 85.9 Å². The van der Waals surface area contributed by atoms with Crippen LogP contribution in [0.25, 0.3) is 0 Å². The van der Waals surface area contributed by atoms with Crippen LogP contribution in [0, 0.1) is 0 Å². The average molecular weight is 424 g/mol. The number of rotatable bonds is 8.